The third-order valence-corrected chi connectivity index (χ3v) is 4.06. The highest BCUT2D eigenvalue weighted by atomic mass is 14.7. The lowest BCUT2D eigenvalue weighted by Crippen LogP contribution is -2.20. The summed E-state index contributed by atoms with van der Waals surface area (Å²) in [5.41, 5.74) is 1.27. The monoisotopic (exact) mass is 217 g/mol. The minimum absolute atomic E-state index is 0.871. The van der Waals surface area contributed by atoms with E-state index in [1.54, 1.807) is 0 Å². The fraction of sp³-hybridized carbons (Fsp3) is 0.667. The molecule has 0 radical (unpaired) electrons. The molecule has 0 amide bonds. The van der Waals surface area contributed by atoms with E-state index in [0.717, 1.165) is 17.8 Å². The van der Waals surface area contributed by atoms with Gasteiger partial charge in [0.25, 0.3) is 0 Å². The molecule has 1 fully saturated rings. The molecule has 1 heteroatoms. The standard InChI is InChI=1S/C15H23N/c1-12(2)14-8-6-13(7-9-14)11-15-5-3-4-10-16-15/h3-5,10,12-14H,6-9,11H2,1-2H3. The van der Waals surface area contributed by atoms with E-state index < -0.39 is 0 Å². The van der Waals surface area contributed by atoms with Gasteiger partial charge in [-0.1, -0.05) is 19.9 Å². The maximum atomic E-state index is 4.43. The van der Waals surface area contributed by atoms with Gasteiger partial charge in [0, 0.05) is 11.9 Å². The molecule has 0 atom stereocenters. The van der Waals surface area contributed by atoms with Crippen LogP contribution < -0.4 is 0 Å². The van der Waals surface area contributed by atoms with Gasteiger partial charge in [-0.15, -0.1) is 0 Å². The van der Waals surface area contributed by atoms with E-state index >= 15 is 0 Å². The number of aromatic nitrogens is 1. The molecule has 1 nitrogen and oxygen atoms in total. The topological polar surface area (TPSA) is 12.9 Å². The second-order valence-electron chi connectivity index (χ2n) is 5.55. The van der Waals surface area contributed by atoms with Crippen molar-refractivity contribution >= 4 is 0 Å². The van der Waals surface area contributed by atoms with Crippen LogP contribution in [0, 0.1) is 17.8 Å². The SMILES string of the molecule is CC(C)C1CCC(Cc2ccccn2)CC1. The minimum atomic E-state index is 0.871. The first-order valence-corrected chi connectivity index (χ1v) is 6.65. The van der Waals surface area contributed by atoms with Crippen LogP contribution in [0.25, 0.3) is 0 Å². The molecule has 88 valence electrons. The van der Waals surface area contributed by atoms with Crippen LogP contribution in [0.2, 0.25) is 0 Å². The molecule has 0 unspecified atom stereocenters. The molecule has 1 aromatic rings. The predicted molar refractivity (Wildman–Crippen MR) is 68.2 cm³/mol. The van der Waals surface area contributed by atoms with Gasteiger partial charge < -0.3 is 0 Å². The van der Waals surface area contributed by atoms with Gasteiger partial charge in [0.05, 0.1) is 0 Å². The average Bonchev–Trinajstić information content (AvgIpc) is 2.31. The van der Waals surface area contributed by atoms with Gasteiger partial charge in [-0.2, -0.15) is 0 Å². The van der Waals surface area contributed by atoms with E-state index in [2.05, 4.69) is 31.0 Å². The third-order valence-electron chi connectivity index (χ3n) is 4.06. The van der Waals surface area contributed by atoms with Gasteiger partial charge in [0.15, 0.2) is 0 Å². The van der Waals surface area contributed by atoms with E-state index in [-0.39, 0.29) is 0 Å². The maximum absolute atomic E-state index is 4.43. The van der Waals surface area contributed by atoms with Crippen molar-refractivity contribution in [3.05, 3.63) is 30.1 Å². The molecule has 1 saturated carbocycles. The summed E-state index contributed by atoms with van der Waals surface area (Å²) in [6.07, 6.45) is 8.75. The molecule has 0 bridgehead atoms. The number of nitrogens with zero attached hydrogens (tertiary/aromatic N) is 1. The first-order chi connectivity index (χ1) is 7.75. The van der Waals surface area contributed by atoms with E-state index in [1.165, 1.54) is 37.8 Å². The second kappa shape index (κ2) is 5.47. The normalized spacial score (nSPS) is 25.9. The molecular formula is C15H23N. The van der Waals surface area contributed by atoms with Gasteiger partial charge >= 0.3 is 0 Å². The number of rotatable bonds is 3. The maximum Gasteiger partial charge on any atom is 0.0406 e. The smallest absolute Gasteiger partial charge is 0.0406 e. The molecule has 0 spiro atoms. The first-order valence-electron chi connectivity index (χ1n) is 6.65. The van der Waals surface area contributed by atoms with Crippen LogP contribution in [0.15, 0.2) is 24.4 Å². The van der Waals surface area contributed by atoms with Crippen molar-refractivity contribution in [2.75, 3.05) is 0 Å². The van der Waals surface area contributed by atoms with Gasteiger partial charge in [0.1, 0.15) is 0 Å². The highest BCUT2D eigenvalue weighted by Crippen LogP contribution is 2.34. The summed E-state index contributed by atoms with van der Waals surface area (Å²) in [7, 11) is 0. The lowest BCUT2D eigenvalue weighted by Gasteiger charge is -2.30. The summed E-state index contributed by atoms with van der Waals surface area (Å²) in [5, 5.41) is 0. The summed E-state index contributed by atoms with van der Waals surface area (Å²) in [6, 6.07) is 6.26. The Morgan fingerprint density at radius 3 is 2.50 bits per heavy atom. The molecule has 0 N–H and O–H groups in total. The lowest BCUT2D eigenvalue weighted by molar-refractivity contribution is 0.223. The number of hydrogen-bond acceptors (Lipinski definition) is 1. The first kappa shape index (κ1) is 11.6. The Balaban J connectivity index is 1.82. The van der Waals surface area contributed by atoms with Crippen molar-refractivity contribution in [2.45, 2.75) is 46.0 Å². The average molecular weight is 217 g/mol. The highest BCUT2D eigenvalue weighted by Gasteiger charge is 2.23. The summed E-state index contributed by atoms with van der Waals surface area (Å²) >= 11 is 0. The van der Waals surface area contributed by atoms with Crippen molar-refractivity contribution in [1.29, 1.82) is 0 Å². The Morgan fingerprint density at radius 2 is 1.94 bits per heavy atom. The third kappa shape index (κ3) is 3.07. The van der Waals surface area contributed by atoms with E-state index in [0.29, 0.717) is 0 Å². The Hall–Kier alpha value is -0.850. The Labute approximate surface area is 99.3 Å². The molecule has 1 aromatic heterocycles. The van der Waals surface area contributed by atoms with Crippen LogP contribution in [0.4, 0.5) is 0 Å². The van der Waals surface area contributed by atoms with E-state index in [1.807, 2.05) is 12.3 Å². The van der Waals surface area contributed by atoms with Crippen LogP contribution in [0.3, 0.4) is 0 Å². The van der Waals surface area contributed by atoms with Crippen LogP contribution in [-0.2, 0) is 6.42 Å². The molecule has 0 aromatic carbocycles. The molecule has 1 aliphatic rings. The molecule has 1 aliphatic carbocycles. The lowest BCUT2D eigenvalue weighted by atomic mass is 9.75. The Kier molecular flexibility index (Phi) is 3.98. The van der Waals surface area contributed by atoms with E-state index in [9.17, 15) is 0 Å². The Morgan fingerprint density at radius 1 is 1.19 bits per heavy atom. The summed E-state index contributed by atoms with van der Waals surface area (Å²) in [4.78, 5) is 4.43. The van der Waals surface area contributed by atoms with Crippen molar-refractivity contribution in [3.63, 3.8) is 0 Å². The molecule has 1 heterocycles. The second-order valence-corrected chi connectivity index (χ2v) is 5.55. The number of hydrogen-bond donors (Lipinski definition) is 0. The van der Waals surface area contributed by atoms with Gasteiger partial charge in [-0.05, 0) is 62.0 Å². The molecular weight excluding hydrogens is 194 g/mol. The zero-order chi connectivity index (χ0) is 11.4. The molecule has 16 heavy (non-hydrogen) atoms. The summed E-state index contributed by atoms with van der Waals surface area (Å²) in [5.74, 6) is 2.72. The van der Waals surface area contributed by atoms with Crippen LogP contribution >= 0.6 is 0 Å². The minimum Gasteiger partial charge on any atom is -0.261 e. The van der Waals surface area contributed by atoms with Crippen LogP contribution in [0.5, 0.6) is 0 Å². The van der Waals surface area contributed by atoms with Crippen molar-refractivity contribution in [2.24, 2.45) is 17.8 Å². The van der Waals surface area contributed by atoms with E-state index in [4.69, 9.17) is 0 Å². The summed E-state index contributed by atoms with van der Waals surface area (Å²) < 4.78 is 0. The molecule has 0 aliphatic heterocycles. The van der Waals surface area contributed by atoms with Crippen molar-refractivity contribution < 1.29 is 0 Å². The van der Waals surface area contributed by atoms with Crippen molar-refractivity contribution in [1.82, 2.24) is 4.98 Å². The van der Waals surface area contributed by atoms with Crippen LogP contribution in [-0.4, -0.2) is 4.98 Å². The van der Waals surface area contributed by atoms with Gasteiger partial charge in [-0.25, -0.2) is 0 Å². The zero-order valence-electron chi connectivity index (χ0n) is 10.5. The quantitative estimate of drug-likeness (QED) is 0.743. The molecule has 2 rings (SSSR count). The summed E-state index contributed by atoms with van der Waals surface area (Å²) in [6.45, 7) is 4.73. The number of pyridine rings is 1. The van der Waals surface area contributed by atoms with Crippen LogP contribution in [0.1, 0.15) is 45.2 Å². The Bertz CT molecular complexity index is 296. The highest BCUT2D eigenvalue weighted by molar-refractivity contribution is 5.04. The van der Waals surface area contributed by atoms with Gasteiger partial charge in [0.2, 0.25) is 0 Å². The largest absolute Gasteiger partial charge is 0.261 e. The fourth-order valence-corrected chi connectivity index (χ4v) is 2.87. The fourth-order valence-electron chi connectivity index (χ4n) is 2.87. The predicted octanol–water partition coefficient (Wildman–Crippen LogP) is 4.09. The zero-order valence-corrected chi connectivity index (χ0v) is 10.5. The van der Waals surface area contributed by atoms with Crippen molar-refractivity contribution in [3.8, 4) is 0 Å². The van der Waals surface area contributed by atoms with Gasteiger partial charge in [-0.3, -0.25) is 4.98 Å². The molecule has 0 saturated heterocycles.